The number of benzene rings is 1. The summed E-state index contributed by atoms with van der Waals surface area (Å²) in [5, 5.41) is 2.92. The molecule has 3 heteroatoms. The Bertz CT molecular complexity index is 401. The summed E-state index contributed by atoms with van der Waals surface area (Å²) in [6.45, 7) is 7.58. The topological polar surface area (TPSA) is 29.1 Å². The Morgan fingerprint density at radius 1 is 1.62 bits per heavy atom. The van der Waals surface area contributed by atoms with Crippen LogP contribution >= 0.6 is 15.9 Å². The zero-order valence-electron chi connectivity index (χ0n) is 9.59. The van der Waals surface area contributed by atoms with Gasteiger partial charge in [0.25, 0.3) is 5.91 Å². The van der Waals surface area contributed by atoms with Crippen LogP contribution in [0.2, 0.25) is 0 Å². The van der Waals surface area contributed by atoms with Crippen molar-refractivity contribution in [2.75, 3.05) is 0 Å². The fraction of sp³-hybridized carbons (Fsp3) is 0.308. The van der Waals surface area contributed by atoms with Gasteiger partial charge in [0, 0.05) is 10.5 Å². The lowest BCUT2D eigenvalue weighted by Crippen LogP contribution is -2.32. The van der Waals surface area contributed by atoms with Crippen LogP contribution in [-0.4, -0.2) is 11.9 Å². The minimum absolute atomic E-state index is 0.0510. The molecule has 1 N–H and O–H groups in total. The molecule has 1 aromatic carbocycles. The fourth-order valence-corrected chi connectivity index (χ4v) is 1.88. The summed E-state index contributed by atoms with van der Waals surface area (Å²) in [5.41, 5.74) is 1.74. The summed E-state index contributed by atoms with van der Waals surface area (Å²) in [4.78, 5) is 11.9. The maximum Gasteiger partial charge on any atom is 0.252 e. The Balaban J connectivity index is 2.81. The first-order valence-electron chi connectivity index (χ1n) is 5.23. The van der Waals surface area contributed by atoms with Gasteiger partial charge in [0.15, 0.2) is 0 Å². The first-order valence-corrected chi connectivity index (χ1v) is 6.02. The molecule has 0 fully saturated rings. The molecule has 1 amide bonds. The Kier molecular flexibility index (Phi) is 4.74. The molecule has 1 aromatic rings. The van der Waals surface area contributed by atoms with Gasteiger partial charge in [-0.15, -0.1) is 6.58 Å². The Hall–Kier alpha value is -1.09. The van der Waals surface area contributed by atoms with Crippen molar-refractivity contribution in [1.29, 1.82) is 0 Å². The van der Waals surface area contributed by atoms with Crippen LogP contribution in [0.25, 0.3) is 0 Å². The summed E-state index contributed by atoms with van der Waals surface area (Å²) in [5.74, 6) is -0.0510. The lowest BCUT2D eigenvalue weighted by molar-refractivity contribution is 0.0939. The van der Waals surface area contributed by atoms with Gasteiger partial charge >= 0.3 is 0 Å². The van der Waals surface area contributed by atoms with E-state index >= 15 is 0 Å². The van der Waals surface area contributed by atoms with E-state index in [1.807, 2.05) is 32.0 Å². The smallest absolute Gasteiger partial charge is 0.252 e. The van der Waals surface area contributed by atoms with Gasteiger partial charge in [-0.25, -0.2) is 0 Å². The zero-order chi connectivity index (χ0) is 12.1. The van der Waals surface area contributed by atoms with Crippen LogP contribution in [0.15, 0.2) is 35.3 Å². The molecule has 0 radical (unpaired) electrons. The van der Waals surface area contributed by atoms with E-state index in [9.17, 15) is 4.79 Å². The van der Waals surface area contributed by atoms with Crippen molar-refractivity contribution in [2.24, 2.45) is 0 Å². The van der Waals surface area contributed by atoms with E-state index in [1.54, 1.807) is 6.08 Å². The van der Waals surface area contributed by atoms with Crippen molar-refractivity contribution >= 4 is 21.8 Å². The van der Waals surface area contributed by atoms with Gasteiger partial charge in [-0.2, -0.15) is 0 Å². The van der Waals surface area contributed by atoms with Crippen LogP contribution in [-0.2, 0) is 0 Å². The molecule has 0 heterocycles. The lowest BCUT2D eigenvalue weighted by Gasteiger charge is -2.13. The number of halogens is 1. The van der Waals surface area contributed by atoms with Crippen molar-refractivity contribution in [1.82, 2.24) is 5.32 Å². The number of amides is 1. The number of carbonyl (C=O) groups excluding carboxylic acids is 1. The van der Waals surface area contributed by atoms with Crippen molar-refractivity contribution < 1.29 is 4.79 Å². The minimum Gasteiger partial charge on any atom is -0.349 e. The van der Waals surface area contributed by atoms with Gasteiger partial charge < -0.3 is 5.32 Å². The van der Waals surface area contributed by atoms with E-state index in [-0.39, 0.29) is 11.9 Å². The van der Waals surface area contributed by atoms with Crippen molar-refractivity contribution in [2.45, 2.75) is 26.3 Å². The lowest BCUT2D eigenvalue weighted by atomic mass is 10.1. The molecule has 1 atom stereocenters. The SMILES string of the molecule is C=CCC(C)NC(=O)c1cccc(C)c1Br. The highest BCUT2D eigenvalue weighted by Gasteiger charge is 2.12. The molecule has 0 bridgehead atoms. The van der Waals surface area contributed by atoms with Crippen LogP contribution in [0.4, 0.5) is 0 Å². The summed E-state index contributed by atoms with van der Waals surface area (Å²) in [6, 6.07) is 5.77. The maximum absolute atomic E-state index is 11.9. The molecule has 0 saturated carbocycles. The predicted octanol–water partition coefficient (Wildman–Crippen LogP) is 3.45. The second kappa shape index (κ2) is 5.85. The molecule has 0 aromatic heterocycles. The van der Waals surface area contributed by atoms with Crippen molar-refractivity contribution in [3.05, 3.63) is 46.5 Å². The highest BCUT2D eigenvalue weighted by molar-refractivity contribution is 9.10. The molecule has 0 aliphatic rings. The average molecular weight is 282 g/mol. The Morgan fingerprint density at radius 3 is 2.94 bits per heavy atom. The van der Waals surface area contributed by atoms with Crippen molar-refractivity contribution in [3.8, 4) is 0 Å². The van der Waals surface area contributed by atoms with E-state index in [0.29, 0.717) is 5.56 Å². The third kappa shape index (κ3) is 3.20. The summed E-state index contributed by atoms with van der Waals surface area (Å²) >= 11 is 3.43. The highest BCUT2D eigenvalue weighted by Crippen LogP contribution is 2.20. The average Bonchev–Trinajstić information content (AvgIpc) is 2.22. The molecule has 0 saturated heterocycles. The minimum atomic E-state index is -0.0510. The Labute approximate surface area is 105 Å². The summed E-state index contributed by atoms with van der Waals surface area (Å²) in [6.07, 6.45) is 2.57. The molecule has 86 valence electrons. The molecular formula is C13H16BrNO. The quantitative estimate of drug-likeness (QED) is 0.842. The predicted molar refractivity (Wildman–Crippen MR) is 70.6 cm³/mol. The fourth-order valence-electron chi connectivity index (χ4n) is 1.43. The van der Waals surface area contributed by atoms with Gasteiger partial charge in [0.1, 0.15) is 0 Å². The first-order chi connectivity index (χ1) is 7.56. The maximum atomic E-state index is 11.9. The van der Waals surface area contributed by atoms with E-state index in [4.69, 9.17) is 0 Å². The van der Waals surface area contributed by atoms with Gasteiger partial charge in [0.2, 0.25) is 0 Å². The van der Waals surface area contributed by atoms with E-state index in [2.05, 4.69) is 27.8 Å². The molecule has 0 spiro atoms. The number of nitrogens with one attached hydrogen (secondary N) is 1. The number of rotatable bonds is 4. The summed E-state index contributed by atoms with van der Waals surface area (Å²) < 4.78 is 0.860. The highest BCUT2D eigenvalue weighted by atomic mass is 79.9. The van der Waals surface area contributed by atoms with E-state index in [0.717, 1.165) is 16.5 Å². The zero-order valence-corrected chi connectivity index (χ0v) is 11.2. The number of aryl methyl sites for hydroxylation is 1. The van der Waals surface area contributed by atoms with Crippen LogP contribution in [0.3, 0.4) is 0 Å². The largest absolute Gasteiger partial charge is 0.349 e. The van der Waals surface area contributed by atoms with Crippen LogP contribution in [0.1, 0.15) is 29.3 Å². The molecule has 2 nitrogen and oxygen atoms in total. The molecule has 0 aliphatic heterocycles. The first kappa shape index (κ1) is 13.0. The Morgan fingerprint density at radius 2 is 2.31 bits per heavy atom. The van der Waals surface area contributed by atoms with Crippen LogP contribution < -0.4 is 5.32 Å². The molecule has 1 unspecified atom stereocenters. The van der Waals surface area contributed by atoms with E-state index in [1.165, 1.54) is 0 Å². The molecule has 16 heavy (non-hydrogen) atoms. The molecule has 0 aliphatic carbocycles. The van der Waals surface area contributed by atoms with Crippen molar-refractivity contribution in [3.63, 3.8) is 0 Å². The second-order valence-corrected chi connectivity index (χ2v) is 4.63. The number of carbonyl (C=O) groups is 1. The number of hydrogen-bond acceptors (Lipinski definition) is 1. The van der Waals surface area contributed by atoms with Gasteiger partial charge in [-0.3, -0.25) is 4.79 Å². The standard InChI is InChI=1S/C13H16BrNO/c1-4-6-10(3)15-13(16)11-8-5-7-9(2)12(11)14/h4-5,7-8,10H,1,6H2,2-3H3,(H,15,16). The summed E-state index contributed by atoms with van der Waals surface area (Å²) in [7, 11) is 0. The normalized spacial score (nSPS) is 11.9. The van der Waals surface area contributed by atoms with Crippen LogP contribution in [0.5, 0.6) is 0 Å². The third-order valence-corrected chi connectivity index (χ3v) is 3.39. The molecule has 1 rings (SSSR count). The van der Waals surface area contributed by atoms with Crippen LogP contribution in [0, 0.1) is 6.92 Å². The monoisotopic (exact) mass is 281 g/mol. The molecular weight excluding hydrogens is 266 g/mol. The second-order valence-electron chi connectivity index (χ2n) is 3.84. The van der Waals surface area contributed by atoms with Gasteiger partial charge in [0.05, 0.1) is 5.56 Å². The van der Waals surface area contributed by atoms with Gasteiger partial charge in [-0.1, -0.05) is 18.2 Å². The third-order valence-electron chi connectivity index (χ3n) is 2.33. The number of hydrogen-bond donors (Lipinski definition) is 1. The van der Waals surface area contributed by atoms with Gasteiger partial charge in [-0.05, 0) is 47.8 Å². The van der Waals surface area contributed by atoms with E-state index < -0.39 is 0 Å².